The van der Waals surface area contributed by atoms with Crippen LogP contribution >= 0.6 is 24.0 Å². The van der Waals surface area contributed by atoms with Crippen molar-refractivity contribution < 1.29 is 9.47 Å². The molecule has 2 aliphatic heterocycles. The van der Waals surface area contributed by atoms with Gasteiger partial charge in [0.1, 0.15) is 0 Å². The lowest BCUT2D eigenvalue weighted by molar-refractivity contribution is 0.297. The Bertz CT molecular complexity index is 597. The highest BCUT2D eigenvalue weighted by atomic mass is 127. The molecular formula is C19H31IN4O2. The van der Waals surface area contributed by atoms with E-state index in [2.05, 4.69) is 29.4 Å². The van der Waals surface area contributed by atoms with Gasteiger partial charge in [-0.25, -0.2) is 0 Å². The van der Waals surface area contributed by atoms with Crippen molar-refractivity contribution in [3.8, 4) is 11.5 Å². The lowest BCUT2D eigenvalue weighted by Crippen LogP contribution is -2.31. The van der Waals surface area contributed by atoms with Crippen LogP contribution in [0.4, 0.5) is 5.69 Å². The van der Waals surface area contributed by atoms with Gasteiger partial charge >= 0.3 is 0 Å². The van der Waals surface area contributed by atoms with Gasteiger partial charge in [-0.1, -0.05) is 6.92 Å². The minimum absolute atomic E-state index is 0. The van der Waals surface area contributed by atoms with E-state index in [-0.39, 0.29) is 24.0 Å². The maximum atomic E-state index is 5.77. The molecule has 0 spiro atoms. The van der Waals surface area contributed by atoms with E-state index in [4.69, 9.17) is 14.5 Å². The summed E-state index contributed by atoms with van der Waals surface area (Å²) in [6.07, 6.45) is 2.15. The number of hydrogen-bond donors (Lipinski definition) is 2. The first-order valence-corrected chi connectivity index (χ1v) is 9.45. The Kier molecular flexibility index (Phi) is 8.77. The number of likely N-dealkylation sites (tertiary alicyclic amines) is 1. The molecule has 1 fully saturated rings. The number of guanidine groups is 1. The molecule has 7 heteroatoms. The molecule has 3 rings (SSSR count). The summed E-state index contributed by atoms with van der Waals surface area (Å²) < 4.78 is 11.5. The van der Waals surface area contributed by atoms with E-state index in [0.717, 1.165) is 55.7 Å². The fraction of sp³-hybridized carbons (Fsp3) is 0.632. The lowest BCUT2D eigenvalue weighted by atomic mass is 10.1. The summed E-state index contributed by atoms with van der Waals surface area (Å²) in [5, 5.41) is 6.72. The first-order valence-electron chi connectivity index (χ1n) is 9.45. The van der Waals surface area contributed by atoms with Gasteiger partial charge in [-0.05, 0) is 44.5 Å². The summed E-state index contributed by atoms with van der Waals surface area (Å²) in [6.45, 7) is 10.9. The molecule has 0 bridgehead atoms. The molecule has 1 atom stereocenters. The van der Waals surface area contributed by atoms with E-state index in [9.17, 15) is 0 Å². The van der Waals surface area contributed by atoms with Gasteiger partial charge in [-0.15, -0.1) is 24.0 Å². The quantitative estimate of drug-likeness (QED) is 0.390. The van der Waals surface area contributed by atoms with E-state index in [1.807, 2.05) is 18.2 Å². The molecule has 0 amide bonds. The maximum absolute atomic E-state index is 5.77. The van der Waals surface area contributed by atoms with Gasteiger partial charge in [0.15, 0.2) is 17.5 Å². The molecule has 2 heterocycles. The average molecular weight is 474 g/mol. The number of nitrogens with zero attached hydrogens (tertiary/aromatic N) is 2. The monoisotopic (exact) mass is 474 g/mol. The Hall–Kier alpha value is -1.22. The number of aliphatic imine (C=N–C) groups is 1. The summed E-state index contributed by atoms with van der Waals surface area (Å²) in [5.74, 6) is 3.09. The number of anilines is 1. The van der Waals surface area contributed by atoms with Crippen LogP contribution in [0.25, 0.3) is 0 Å². The summed E-state index contributed by atoms with van der Waals surface area (Å²) in [5.41, 5.74) is 0.963. The van der Waals surface area contributed by atoms with Gasteiger partial charge in [0, 0.05) is 37.8 Å². The number of nitrogens with one attached hydrogen (secondary N) is 2. The zero-order valence-electron chi connectivity index (χ0n) is 15.8. The molecule has 1 aromatic rings. The highest BCUT2D eigenvalue weighted by Crippen LogP contribution is 2.32. The SMILES string of the molecule is CCNC(=NCC1CCN(CC)C1)Nc1ccc2c(c1)OCCCO2.I. The number of halogens is 1. The fourth-order valence-corrected chi connectivity index (χ4v) is 3.25. The molecule has 0 aromatic heterocycles. The minimum atomic E-state index is 0. The third-order valence-electron chi connectivity index (χ3n) is 4.68. The van der Waals surface area contributed by atoms with Crippen LogP contribution in [0.2, 0.25) is 0 Å². The fourth-order valence-electron chi connectivity index (χ4n) is 3.25. The highest BCUT2D eigenvalue weighted by Gasteiger charge is 2.20. The number of benzene rings is 1. The van der Waals surface area contributed by atoms with Crippen LogP contribution in [0.1, 0.15) is 26.7 Å². The molecule has 2 aliphatic rings. The normalized spacial score (nSPS) is 20.2. The topological polar surface area (TPSA) is 58.1 Å². The predicted octanol–water partition coefficient (Wildman–Crippen LogP) is 3.19. The van der Waals surface area contributed by atoms with Crippen LogP contribution in [-0.4, -0.2) is 56.8 Å². The molecule has 6 nitrogen and oxygen atoms in total. The zero-order chi connectivity index (χ0) is 17.5. The van der Waals surface area contributed by atoms with Gasteiger partial charge in [-0.3, -0.25) is 4.99 Å². The van der Waals surface area contributed by atoms with Crippen molar-refractivity contribution >= 4 is 35.6 Å². The lowest BCUT2D eigenvalue weighted by Gasteiger charge is -2.15. The number of fused-ring (bicyclic) bond motifs is 1. The average Bonchev–Trinajstić information content (AvgIpc) is 2.96. The second-order valence-electron chi connectivity index (χ2n) is 6.60. The second-order valence-corrected chi connectivity index (χ2v) is 6.60. The molecule has 1 saturated heterocycles. The predicted molar refractivity (Wildman–Crippen MR) is 117 cm³/mol. The molecule has 0 aliphatic carbocycles. The van der Waals surface area contributed by atoms with Crippen molar-refractivity contribution in [1.29, 1.82) is 0 Å². The van der Waals surface area contributed by atoms with E-state index >= 15 is 0 Å². The van der Waals surface area contributed by atoms with Crippen LogP contribution in [-0.2, 0) is 0 Å². The van der Waals surface area contributed by atoms with Crippen LogP contribution in [0.3, 0.4) is 0 Å². The molecular weight excluding hydrogens is 443 g/mol. The Labute approximate surface area is 173 Å². The highest BCUT2D eigenvalue weighted by molar-refractivity contribution is 14.0. The Morgan fingerprint density at radius 3 is 2.77 bits per heavy atom. The number of hydrogen-bond acceptors (Lipinski definition) is 4. The summed E-state index contributed by atoms with van der Waals surface area (Å²) in [6, 6.07) is 5.96. The molecule has 0 saturated carbocycles. The second kappa shape index (κ2) is 10.8. The molecule has 26 heavy (non-hydrogen) atoms. The third kappa shape index (κ3) is 5.90. The van der Waals surface area contributed by atoms with Gasteiger partial charge in [0.2, 0.25) is 0 Å². The van der Waals surface area contributed by atoms with Crippen molar-refractivity contribution in [1.82, 2.24) is 10.2 Å². The van der Waals surface area contributed by atoms with Crippen LogP contribution in [0.15, 0.2) is 23.2 Å². The van der Waals surface area contributed by atoms with Crippen molar-refractivity contribution in [3.63, 3.8) is 0 Å². The van der Waals surface area contributed by atoms with E-state index in [1.165, 1.54) is 13.0 Å². The van der Waals surface area contributed by atoms with Gasteiger partial charge in [0.05, 0.1) is 13.2 Å². The van der Waals surface area contributed by atoms with Gasteiger partial charge < -0.3 is 25.0 Å². The maximum Gasteiger partial charge on any atom is 0.195 e. The Morgan fingerprint density at radius 1 is 1.23 bits per heavy atom. The molecule has 146 valence electrons. The summed E-state index contributed by atoms with van der Waals surface area (Å²) in [4.78, 5) is 7.28. The first kappa shape index (κ1) is 21.1. The van der Waals surface area contributed by atoms with E-state index in [0.29, 0.717) is 19.1 Å². The van der Waals surface area contributed by atoms with Crippen molar-refractivity contribution in [2.75, 3.05) is 51.3 Å². The molecule has 0 radical (unpaired) electrons. The summed E-state index contributed by atoms with van der Waals surface area (Å²) >= 11 is 0. The van der Waals surface area contributed by atoms with Crippen LogP contribution < -0.4 is 20.1 Å². The van der Waals surface area contributed by atoms with Crippen molar-refractivity contribution in [2.45, 2.75) is 26.7 Å². The number of rotatable bonds is 5. The van der Waals surface area contributed by atoms with Crippen molar-refractivity contribution in [3.05, 3.63) is 18.2 Å². The van der Waals surface area contributed by atoms with E-state index in [1.54, 1.807) is 0 Å². The van der Waals surface area contributed by atoms with Crippen LogP contribution in [0.5, 0.6) is 11.5 Å². The minimum Gasteiger partial charge on any atom is -0.490 e. The van der Waals surface area contributed by atoms with Crippen LogP contribution in [0, 0.1) is 5.92 Å². The molecule has 1 unspecified atom stereocenters. The van der Waals surface area contributed by atoms with Gasteiger partial charge in [-0.2, -0.15) is 0 Å². The number of ether oxygens (including phenoxy) is 2. The summed E-state index contributed by atoms with van der Waals surface area (Å²) in [7, 11) is 0. The molecule has 2 N–H and O–H groups in total. The standard InChI is InChI=1S/C19H30N4O2.HI/c1-3-20-19(21-13-15-8-9-23(4-2)14-15)22-16-6-7-17-18(12-16)25-11-5-10-24-17;/h6-7,12,15H,3-5,8-11,13-14H2,1-2H3,(H2,20,21,22);1H. The Balaban J connectivity index is 0.00000243. The largest absolute Gasteiger partial charge is 0.490 e. The third-order valence-corrected chi connectivity index (χ3v) is 4.68. The van der Waals surface area contributed by atoms with E-state index < -0.39 is 0 Å². The first-order chi connectivity index (χ1) is 12.3. The smallest absolute Gasteiger partial charge is 0.195 e. The Morgan fingerprint density at radius 2 is 2.04 bits per heavy atom. The molecule has 1 aromatic carbocycles. The van der Waals surface area contributed by atoms with Gasteiger partial charge in [0.25, 0.3) is 0 Å². The van der Waals surface area contributed by atoms with Crippen molar-refractivity contribution in [2.24, 2.45) is 10.9 Å². The zero-order valence-corrected chi connectivity index (χ0v) is 18.1.